The molecular formula is C17H21N5O2. The highest BCUT2D eigenvalue weighted by Gasteiger charge is 2.36. The zero-order valence-electron chi connectivity index (χ0n) is 13.6. The minimum atomic E-state index is -0.548. The second-order valence-corrected chi connectivity index (χ2v) is 6.61. The van der Waals surface area contributed by atoms with E-state index >= 15 is 0 Å². The molecule has 1 amide bonds. The maximum absolute atomic E-state index is 12.9. The second kappa shape index (κ2) is 5.99. The number of fused-ring (bicyclic) bond motifs is 2. The van der Waals surface area contributed by atoms with Crippen LogP contribution in [0.3, 0.4) is 0 Å². The summed E-state index contributed by atoms with van der Waals surface area (Å²) in [6.07, 6.45) is 2.42. The third kappa shape index (κ3) is 2.50. The molecule has 0 spiro atoms. The molecule has 0 aliphatic carbocycles. The number of benzene rings is 1. The summed E-state index contributed by atoms with van der Waals surface area (Å²) in [5, 5.41) is 0.544. The van der Waals surface area contributed by atoms with Crippen molar-refractivity contribution in [2.45, 2.75) is 25.4 Å². The van der Waals surface area contributed by atoms with Crippen LogP contribution in [0.1, 0.15) is 19.4 Å². The van der Waals surface area contributed by atoms with E-state index in [4.69, 9.17) is 0 Å². The molecule has 2 N–H and O–H groups in total. The van der Waals surface area contributed by atoms with Gasteiger partial charge in [0, 0.05) is 31.6 Å². The molecule has 4 rings (SSSR count). The average molecular weight is 327 g/mol. The van der Waals surface area contributed by atoms with E-state index in [1.807, 2.05) is 17.0 Å². The number of nitrogens with zero attached hydrogens (tertiary/aromatic N) is 3. The first-order valence-corrected chi connectivity index (χ1v) is 8.38. The van der Waals surface area contributed by atoms with Crippen LogP contribution in [0.5, 0.6) is 0 Å². The van der Waals surface area contributed by atoms with Crippen LogP contribution in [0.15, 0.2) is 35.4 Å². The van der Waals surface area contributed by atoms with Crippen molar-refractivity contribution >= 4 is 16.8 Å². The van der Waals surface area contributed by atoms with E-state index in [9.17, 15) is 9.59 Å². The smallest absolute Gasteiger partial charge is 0.261 e. The summed E-state index contributed by atoms with van der Waals surface area (Å²) in [7, 11) is 0. The Kier molecular flexibility index (Phi) is 3.82. The first kappa shape index (κ1) is 15.3. The molecule has 3 heterocycles. The maximum Gasteiger partial charge on any atom is 0.261 e. The number of carbonyl (C=O) groups is 1. The van der Waals surface area contributed by atoms with Gasteiger partial charge in [0.15, 0.2) is 0 Å². The van der Waals surface area contributed by atoms with E-state index < -0.39 is 6.04 Å². The summed E-state index contributed by atoms with van der Waals surface area (Å²) in [4.78, 5) is 31.7. The van der Waals surface area contributed by atoms with Gasteiger partial charge in [0.25, 0.3) is 5.56 Å². The van der Waals surface area contributed by atoms with Crippen molar-refractivity contribution in [3.05, 3.63) is 40.9 Å². The highest BCUT2D eigenvalue weighted by molar-refractivity contribution is 5.81. The van der Waals surface area contributed by atoms with Crippen molar-refractivity contribution in [3.63, 3.8) is 0 Å². The Morgan fingerprint density at radius 2 is 2.21 bits per heavy atom. The largest absolute Gasteiger partial charge is 0.340 e. The minimum absolute atomic E-state index is 0.0143. The van der Waals surface area contributed by atoms with E-state index in [1.54, 1.807) is 19.1 Å². The van der Waals surface area contributed by atoms with E-state index in [1.165, 1.54) is 10.9 Å². The Bertz CT molecular complexity index is 833. The minimum Gasteiger partial charge on any atom is -0.340 e. The third-order valence-corrected chi connectivity index (χ3v) is 5.16. The predicted molar refractivity (Wildman–Crippen MR) is 90.3 cm³/mol. The normalized spacial score (nSPS) is 24.8. The van der Waals surface area contributed by atoms with Gasteiger partial charge < -0.3 is 4.90 Å². The fraction of sp³-hybridized carbons (Fsp3) is 0.471. The predicted octanol–water partition coefficient (Wildman–Crippen LogP) is 0.282. The number of piperidine rings is 1. The lowest BCUT2D eigenvalue weighted by Gasteiger charge is -2.35. The van der Waals surface area contributed by atoms with E-state index in [0.29, 0.717) is 22.9 Å². The molecule has 3 unspecified atom stereocenters. The Morgan fingerprint density at radius 3 is 3.08 bits per heavy atom. The molecule has 24 heavy (non-hydrogen) atoms. The van der Waals surface area contributed by atoms with Crippen LogP contribution in [0.25, 0.3) is 10.9 Å². The molecular weight excluding hydrogens is 306 g/mol. The van der Waals surface area contributed by atoms with Gasteiger partial charge in [-0.25, -0.2) is 4.98 Å². The van der Waals surface area contributed by atoms with E-state index in [2.05, 4.69) is 15.8 Å². The van der Waals surface area contributed by atoms with Crippen LogP contribution in [-0.4, -0.2) is 46.0 Å². The van der Waals surface area contributed by atoms with Crippen molar-refractivity contribution in [3.8, 4) is 0 Å². The number of likely N-dealkylation sites (tertiary alicyclic amines) is 1. The van der Waals surface area contributed by atoms with Crippen LogP contribution in [-0.2, 0) is 4.79 Å². The first-order chi connectivity index (χ1) is 11.6. The Labute approximate surface area is 139 Å². The zero-order chi connectivity index (χ0) is 16.7. The van der Waals surface area contributed by atoms with Crippen LogP contribution >= 0.6 is 0 Å². The first-order valence-electron chi connectivity index (χ1n) is 8.38. The lowest BCUT2D eigenvalue weighted by atomic mass is 9.94. The molecule has 7 nitrogen and oxygen atoms in total. The highest BCUT2D eigenvalue weighted by atomic mass is 16.2. The van der Waals surface area contributed by atoms with Crippen LogP contribution in [0, 0.1) is 5.92 Å². The molecule has 2 saturated heterocycles. The van der Waals surface area contributed by atoms with Gasteiger partial charge in [-0.3, -0.25) is 25.0 Å². The highest BCUT2D eigenvalue weighted by Crippen LogP contribution is 2.22. The zero-order valence-corrected chi connectivity index (χ0v) is 13.6. The molecule has 3 atom stereocenters. The summed E-state index contributed by atoms with van der Waals surface area (Å²) in [5.74, 6) is 0.417. The molecule has 0 saturated carbocycles. The van der Waals surface area contributed by atoms with Gasteiger partial charge in [-0.1, -0.05) is 12.1 Å². The van der Waals surface area contributed by atoms with Crippen LogP contribution in [0.4, 0.5) is 0 Å². The molecule has 0 radical (unpaired) electrons. The summed E-state index contributed by atoms with van der Waals surface area (Å²) >= 11 is 0. The topological polar surface area (TPSA) is 79.3 Å². The monoisotopic (exact) mass is 327 g/mol. The Hall–Kier alpha value is -2.25. The van der Waals surface area contributed by atoms with Gasteiger partial charge in [0.2, 0.25) is 5.91 Å². The SMILES string of the molecule is CC(C(=O)N1CCC2NNCC2C1)n1cnc2ccccc2c1=O. The lowest BCUT2D eigenvalue weighted by molar-refractivity contribution is -0.136. The van der Waals surface area contributed by atoms with Gasteiger partial charge in [-0.05, 0) is 25.5 Å². The summed E-state index contributed by atoms with van der Waals surface area (Å²) in [6, 6.07) is 7.11. The molecule has 1 aromatic heterocycles. The summed E-state index contributed by atoms with van der Waals surface area (Å²) in [5.41, 5.74) is 6.90. The molecule has 1 aromatic carbocycles. The summed E-state index contributed by atoms with van der Waals surface area (Å²) < 4.78 is 1.45. The van der Waals surface area contributed by atoms with Gasteiger partial charge in [-0.2, -0.15) is 0 Å². The van der Waals surface area contributed by atoms with Crippen LogP contribution < -0.4 is 16.4 Å². The van der Waals surface area contributed by atoms with Crippen molar-refractivity contribution in [2.75, 3.05) is 19.6 Å². The van der Waals surface area contributed by atoms with Crippen molar-refractivity contribution in [2.24, 2.45) is 5.92 Å². The van der Waals surface area contributed by atoms with Crippen molar-refractivity contribution in [1.29, 1.82) is 0 Å². The van der Waals surface area contributed by atoms with Gasteiger partial charge in [0.1, 0.15) is 6.04 Å². The van der Waals surface area contributed by atoms with E-state index in [-0.39, 0.29) is 11.5 Å². The van der Waals surface area contributed by atoms with Crippen LogP contribution in [0.2, 0.25) is 0 Å². The quantitative estimate of drug-likeness (QED) is 0.828. The van der Waals surface area contributed by atoms with E-state index in [0.717, 1.165) is 26.1 Å². The fourth-order valence-corrected chi connectivity index (χ4v) is 3.69. The standard InChI is InChI=1S/C17H21N5O2/c1-11(16(23)21-7-6-14-12(9-21)8-19-20-14)22-10-18-15-5-3-2-4-13(15)17(22)24/h2-5,10-12,14,19-20H,6-9H2,1H3. The molecule has 2 fully saturated rings. The maximum atomic E-state index is 12.9. The molecule has 2 aromatic rings. The third-order valence-electron chi connectivity index (χ3n) is 5.16. The van der Waals surface area contributed by atoms with Crippen molar-refractivity contribution in [1.82, 2.24) is 25.3 Å². The number of amides is 1. The number of aromatic nitrogens is 2. The molecule has 0 bridgehead atoms. The second-order valence-electron chi connectivity index (χ2n) is 6.61. The number of hydrogen-bond donors (Lipinski definition) is 2. The average Bonchev–Trinajstić information content (AvgIpc) is 3.09. The summed E-state index contributed by atoms with van der Waals surface area (Å²) in [6.45, 7) is 4.09. The fourth-order valence-electron chi connectivity index (χ4n) is 3.69. The Balaban J connectivity index is 1.59. The van der Waals surface area contributed by atoms with Gasteiger partial charge in [0.05, 0.1) is 17.2 Å². The molecule has 126 valence electrons. The number of hydrazine groups is 1. The number of carbonyl (C=O) groups excluding carboxylic acids is 1. The lowest BCUT2D eigenvalue weighted by Crippen LogP contribution is -2.49. The number of rotatable bonds is 2. The molecule has 2 aliphatic rings. The number of para-hydroxylation sites is 1. The van der Waals surface area contributed by atoms with Gasteiger partial charge >= 0.3 is 0 Å². The number of nitrogens with one attached hydrogen (secondary N) is 2. The molecule has 7 heteroatoms. The molecule has 2 aliphatic heterocycles. The van der Waals surface area contributed by atoms with Crippen molar-refractivity contribution < 1.29 is 4.79 Å². The van der Waals surface area contributed by atoms with Gasteiger partial charge in [-0.15, -0.1) is 0 Å². The Morgan fingerprint density at radius 1 is 1.38 bits per heavy atom. The number of hydrogen-bond acceptors (Lipinski definition) is 5.